The summed E-state index contributed by atoms with van der Waals surface area (Å²) < 4.78 is 61.3. The number of nitrogens with one attached hydrogen (secondary N) is 1. The van der Waals surface area contributed by atoms with Gasteiger partial charge in [-0.25, -0.2) is 13.1 Å². The molecule has 0 bridgehead atoms. The van der Waals surface area contributed by atoms with Gasteiger partial charge in [-0.2, -0.15) is 13.2 Å². The highest BCUT2D eigenvalue weighted by atomic mass is 32.2. The Balaban J connectivity index is 2.66. The van der Waals surface area contributed by atoms with Crippen LogP contribution in [0.2, 0.25) is 0 Å². The zero-order chi connectivity index (χ0) is 14.5. The first-order chi connectivity index (χ1) is 8.76. The van der Waals surface area contributed by atoms with E-state index in [-0.39, 0.29) is 28.8 Å². The van der Waals surface area contributed by atoms with Crippen molar-refractivity contribution in [2.75, 3.05) is 12.3 Å². The van der Waals surface area contributed by atoms with Crippen molar-refractivity contribution in [1.82, 2.24) is 4.72 Å². The zero-order valence-corrected chi connectivity index (χ0v) is 11.3. The Morgan fingerprint density at radius 2 is 1.89 bits per heavy atom. The molecule has 1 rings (SSSR count). The van der Waals surface area contributed by atoms with Gasteiger partial charge in [0.1, 0.15) is 0 Å². The van der Waals surface area contributed by atoms with Gasteiger partial charge in [0.25, 0.3) is 0 Å². The van der Waals surface area contributed by atoms with Crippen LogP contribution in [0.15, 0.2) is 29.2 Å². The number of halogens is 3. The molecule has 0 saturated heterocycles. The summed E-state index contributed by atoms with van der Waals surface area (Å²) in [4.78, 5) is -0.130. The quantitative estimate of drug-likeness (QED) is 0.784. The maximum Gasteiger partial charge on any atom is 0.441 e. The summed E-state index contributed by atoms with van der Waals surface area (Å²) in [5.74, 6) is -0.413. The molecular formula is C10H12F3NO3S2. The van der Waals surface area contributed by atoms with E-state index in [1.807, 2.05) is 0 Å². The lowest BCUT2D eigenvalue weighted by molar-refractivity contribution is -0.0327. The van der Waals surface area contributed by atoms with Gasteiger partial charge in [0.15, 0.2) is 0 Å². The molecule has 0 atom stereocenters. The number of rotatable bonds is 6. The fourth-order valence-corrected chi connectivity index (χ4v) is 3.14. The molecule has 0 aromatic heterocycles. The minimum absolute atomic E-state index is 0.130. The minimum atomic E-state index is -4.38. The fraction of sp³-hybridized carbons (Fsp3) is 0.400. The van der Waals surface area contributed by atoms with Gasteiger partial charge in [0, 0.05) is 12.3 Å². The lowest BCUT2D eigenvalue weighted by Gasteiger charge is -2.10. The van der Waals surface area contributed by atoms with Crippen molar-refractivity contribution in [3.8, 4) is 0 Å². The van der Waals surface area contributed by atoms with Gasteiger partial charge in [0.2, 0.25) is 10.0 Å². The molecule has 0 radical (unpaired) electrons. The third-order valence-corrected chi connectivity index (χ3v) is 4.39. The molecule has 19 heavy (non-hydrogen) atoms. The largest absolute Gasteiger partial charge is 0.441 e. The van der Waals surface area contributed by atoms with Crippen LogP contribution in [0.3, 0.4) is 0 Å². The number of thioether (sulfide) groups is 1. The highest BCUT2D eigenvalue weighted by Gasteiger charge is 2.28. The van der Waals surface area contributed by atoms with Gasteiger partial charge in [-0.15, -0.1) is 0 Å². The van der Waals surface area contributed by atoms with Crippen LogP contribution < -0.4 is 4.72 Å². The van der Waals surface area contributed by atoms with Gasteiger partial charge >= 0.3 is 5.51 Å². The second-order valence-electron chi connectivity index (χ2n) is 3.46. The highest BCUT2D eigenvalue weighted by molar-refractivity contribution is 8.00. The van der Waals surface area contributed by atoms with Crippen molar-refractivity contribution in [2.24, 2.45) is 0 Å². The van der Waals surface area contributed by atoms with E-state index in [2.05, 4.69) is 4.72 Å². The Morgan fingerprint density at radius 3 is 2.47 bits per heavy atom. The first-order valence-electron chi connectivity index (χ1n) is 5.15. The first-order valence-corrected chi connectivity index (χ1v) is 7.62. The molecule has 2 N–H and O–H groups in total. The van der Waals surface area contributed by atoms with Gasteiger partial charge in [0.05, 0.1) is 11.5 Å². The van der Waals surface area contributed by atoms with E-state index in [9.17, 15) is 21.6 Å². The smallest absolute Gasteiger partial charge is 0.392 e. The second-order valence-corrected chi connectivity index (χ2v) is 6.35. The van der Waals surface area contributed by atoms with Crippen molar-refractivity contribution in [1.29, 1.82) is 0 Å². The predicted molar refractivity (Wildman–Crippen MR) is 66.1 cm³/mol. The number of sulfonamides is 1. The molecule has 0 fully saturated rings. The molecule has 0 amide bonds. The topological polar surface area (TPSA) is 66.4 Å². The average Bonchev–Trinajstić information content (AvgIpc) is 2.33. The molecule has 108 valence electrons. The van der Waals surface area contributed by atoms with E-state index < -0.39 is 27.9 Å². The van der Waals surface area contributed by atoms with Gasteiger partial charge in [-0.1, -0.05) is 18.2 Å². The van der Waals surface area contributed by atoms with Gasteiger partial charge in [-0.3, -0.25) is 0 Å². The van der Waals surface area contributed by atoms with Gasteiger partial charge < -0.3 is 5.11 Å². The molecule has 4 nitrogen and oxygen atoms in total. The number of benzene rings is 1. The third kappa shape index (κ3) is 5.39. The molecule has 0 heterocycles. The van der Waals surface area contributed by atoms with Crippen LogP contribution in [-0.2, 0) is 16.6 Å². The van der Waals surface area contributed by atoms with Crippen LogP contribution in [0.4, 0.5) is 13.2 Å². The Bertz CT molecular complexity index is 517. The third-order valence-electron chi connectivity index (χ3n) is 2.09. The fourth-order valence-electron chi connectivity index (χ4n) is 1.32. The molecule has 0 aliphatic rings. The number of hydrogen-bond acceptors (Lipinski definition) is 4. The van der Waals surface area contributed by atoms with Crippen molar-refractivity contribution >= 4 is 21.8 Å². The van der Waals surface area contributed by atoms with Crippen molar-refractivity contribution in [2.45, 2.75) is 17.0 Å². The molecule has 0 spiro atoms. The average molecular weight is 315 g/mol. The van der Waals surface area contributed by atoms with Crippen molar-refractivity contribution < 1.29 is 26.7 Å². The van der Waals surface area contributed by atoms with Crippen LogP contribution in [-0.4, -0.2) is 31.3 Å². The molecule has 1 aromatic carbocycles. The van der Waals surface area contributed by atoms with Crippen LogP contribution >= 0.6 is 11.8 Å². The Hall–Kier alpha value is -0.770. The van der Waals surface area contributed by atoms with Crippen molar-refractivity contribution in [3.05, 3.63) is 29.8 Å². The molecule has 9 heteroatoms. The maximum absolute atomic E-state index is 11.9. The van der Waals surface area contributed by atoms with E-state index >= 15 is 0 Å². The number of hydrogen-bond donors (Lipinski definition) is 2. The summed E-state index contributed by atoms with van der Waals surface area (Å²) >= 11 is -0.297. The van der Waals surface area contributed by atoms with E-state index in [0.29, 0.717) is 0 Å². The van der Waals surface area contributed by atoms with E-state index in [0.717, 1.165) is 0 Å². The second kappa shape index (κ2) is 6.60. The molecule has 0 unspecified atom stereocenters. The van der Waals surface area contributed by atoms with Crippen LogP contribution in [0.5, 0.6) is 0 Å². The SMILES string of the molecule is O=S(=O)(NCCSC(F)(F)F)c1ccccc1CO. The number of alkyl halides is 3. The summed E-state index contributed by atoms with van der Waals surface area (Å²) in [6, 6.07) is 5.74. The van der Waals surface area contributed by atoms with Gasteiger partial charge in [-0.05, 0) is 23.4 Å². The first kappa shape index (κ1) is 16.3. The summed E-state index contributed by atoms with van der Waals surface area (Å²) in [6.07, 6.45) is 0. The lowest BCUT2D eigenvalue weighted by atomic mass is 10.2. The summed E-state index contributed by atoms with van der Waals surface area (Å²) in [5.41, 5.74) is -4.19. The summed E-state index contributed by atoms with van der Waals surface area (Å²) in [6.45, 7) is -0.805. The normalized spacial score (nSPS) is 12.6. The monoisotopic (exact) mass is 315 g/mol. The molecule has 0 aliphatic heterocycles. The Morgan fingerprint density at radius 1 is 1.26 bits per heavy atom. The maximum atomic E-state index is 11.9. The Kier molecular flexibility index (Phi) is 5.65. The van der Waals surface area contributed by atoms with E-state index in [1.54, 1.807) is 6.07 Å². The van der Waals surface area contributed by atoms with E-state index in [1.165, 1.54) is 18.2 Å². The van der Waals surface area contributed by atoms with E-state index in [4.69, 9.17) is 5.11 Å². The molecular weight excluding hydrogens is 303 g/mol. The van der Waals surface area contributed by atoms with Crippen molar-refractivity contribution in [3.63, 3.8) is 0 Å². The molecule has 1 aromatic rings. The molecule has 0 saturated carbocycles. The number of aliphatic hydroxyl groups excluding tert-OH is 1. The van der Waals surface area contributed by atoms with Crippen LogP contribution in [0.1, 0.15) is 5.56 Å². The van der Waals surface area contributed by atoms with Crippen LogP contribution in [0, 0.1) is 0 Å². The lowest BCUT2D eigenvalue weighted by Crippen LogP contribution is -2.27. The molecule has 0 aliphatic carbocycles. The predicted octanol–water partition coefficient (Wildman–Crippen LogP) is 1.71. The summed E-state index contributed by atoms with van der Waals surface area (Å²) in [7, 11) is -3.91. The standard InChI is InChI=1S/C10H12F3NO3S2/c11-10(12,13)18-6-5-14-19(16,17)9-4-2-1-3-8(9)7-15/h1-4,14-15H,5-7H2. The summed E-state index contributed by atoms with van der Waals surface area (Å²) in [5, 5.41) is 9.01. The zero-order valence-electron chi connectivity index (χ0n) is 9.64. The number of aliphatic hydroxyl groups is 1. The minimum Gasteiger partial charge on any atom is -0.392 e. The highest BCUT2D eigenvalue weighted by Crippen LogP contribution is 2.29. The Labute approximate surface area is 113 Å². The van der Waals surface area contributed by atoms with Crippen LogP contribution in [0.25, 0.3) is 0 Å².